The molecule has 3 aromatic rings. The molecule has 2 heterocycles. The van der Waals surface area contributed by atoms with Crippen molar-refractivity contribution in [3.05, 3.63) is 71.4 Å². The molecule has 0 aliphatic carbocycles. The lowest BCUT2D eigenvalue weighted by Gasteiger charge is -2.34. The van der Waals surface area contributed by atoms with Gasteiger partial charge in [-0.3, -0.25) is 9.78 Å². The van der Waals surface area contributed by atoms with E-state index < -0.39 is 33.7 Å². The lowest BCUT2D eigenvalue weighted by molar-refractivity contribution is -0.137. The Morgan fingerprint density at radius 3 is 2.48 bits per heavy atom. The maximum absolute atomic E-state index is 13.7. The van der Waals surface area contributed by atoms with Crippen molar-refractivity contribution in [2.24, 2.45) is 0 Å². The van der Waals surface area contributed by atoms with Gasteiger partial charge < -0.3 is 5.32 Å². The summed E-state index contributed by atoms with van der Waals surface area (Å²) < 4.78 is 67.2. The van der Waals surface area contributed by atoms with Crippen molar-refractivity contribution in [1.82, 2.24) is 14.6 Å². The van der Waals surface area contributed by atoms with Crippen LogP contribution in [-0.2, 0) is 21.0 Å². The Morgan fingerprint density at radius 2 is 1.81 bits per heavy atom. The standard InChI is InChI=1S/C21H18F3N3O3S/c1-13-4-5-14-3-2-10-25-17(14)19(13)31(29,30)27-12-11-26-20(28)18(27)15-6-8-16(9-7-15)21(22,23)24/h2-10,18H,11-12H2,1H3,(H,26,28). The number of nitrogens with zero attached hydrogens (tertiary/aromatic N) is 2. The minimum atomic E-state index is -4.54. The summed E-state index contributed by atoms with van der Waals surface area (Å²) >= 11 is 0. The van der Waals surface area contributed by atoms with Gasteiger partial charge in [0.2, 0.25) is 15.9 Å². The van der Waals surface area contributed by atoms with Crippen LogP contribution < -0.4 is 5.32 Å². The zero-order chi connectivity index (χ0) is 22.4. The van der Waals surface area contributed by atoms with E-state index in [1.165, 1.54) is 6.20 Å². The van der Waals surface area contributed by atoms with Crippen molar-refractivity contribution in [2.75, 3.05) is 13.1 Å². The number of rotatable bonds is 3. The summed E-state index contributed by atoms with van der Waals surface area (Å²) in [6, 6.07) is 9.49. The average molecular weight is 449 g/mol. The molecular formula is C21H18F3N3O3S. The highest BCUT2D eigenvalue weighted by Gasteiger charge is 2.41. The Hall–Kier alpha value is -2.98. The van der Waals surface area contributed by atoms with E-state index in [0.717, 1.165) is 28.6 Å². The number of hydrogen-bond acceptors (Lipinski definition) is 4. The van der Waals surface area contributed by atoms with E-state index in [-0.39, 0.29) is 29.1 Å². The second kappa shape index (κ2) is 7.61. The minimum Gasteiger partial charge on any atom is -0.353 e. The summed E-state index contributed by atoms with van der Waals surface area (Å²) in [5.41, 5.74) is 0.0126. The number of sulfonamides is 1. The van der Waals surface area contributed by atoms with Gasteiger partial charge in [-0.25, -0.2) is 8.42 Å². The van der Waals surface area contributed by atoms with E-state index in [0.29, 0.717) is 10.9 Å². The molecule has 1 atom stereocenters. The molecule has 162 valence electrons. The number of aryl methyl sites for hydroxylation is 1. The fraction of sp³-hybridized carbons (Fsp3) is 0.238. The number of alkyl halides is 3. The quantitative estimate of drug-likeness (QED) is 0.665. The number of nitrogens with one attached hydrogen (secondary N) is 1. The Labute approximate surface area is 176 Å². The van der Waals surface area contributed by atoms with Crippen LogP contribution in [-0.4, -0.2) is 36.7 Å². The van der Waals surface area contributed by atoms with Crippen molar-refractivity contribution in [1.29, 1.82) is 0 Å². The topological polar surface area (TPSA) is 79.4 Å². The van der Waals surface area contributed by atoms with Crippen molar-refractivity contribution < 1.29 is 26.4 Å². The lowest BCUT2D eigenvalue weighted by Crippen LogP contribution is -2.52. The molecule has 31 heavy (non-hydrogen) atoms. The van der Waals surface area contributed by atoms with E-state index >= 15 is 0 Å². The number of aromatic nitrogens is 1. The molecule has 1 saturated heterocycles. The fourth-order valence-corrected chi connectivity index (χ4v) is 5.69. The first-order valence-corrected chi connectivity index (χ1v) is 10.9. The first-order chi connectivity index (χ1) is 14.6. The van der Waals surface area contributed by atoms with E-state index in [9.17, 15) is 26.4 Å². The van der Waals surface area contributed by atoms with Crippen LogP contribution in [0.3, 0.4) is 0 Å². The molecule has 1 amide bonds. The normalized spacial score (nSPS) is 18.2. The first kappa shape index (κ1) is 21.3. The Bertz CT molecular complexity index is 1260. The predicted octanol–water partition coefficient (Wildman–Crippen LogP) is 3.42. The van der Waals surface area contributed by atoms with Gasteiger partial charge >= 0.3 is 6.18 Å². The number of fused-ring (bicyclic) bond motifs is 1. The number of pyridine rings is 1. The third kappa shape index (κ3) is 3.77. The van der Waals surface area contributed by atoms with E-state index in [4.69, 9.17) is 0 Å². The maximum Gasteiger partial charge on any atom is 0.416 e. The van der Waals surface area contributed by atoms with Crippen LogP contribution >= 0.6 is 0 Å². The van der Waals surface area contributed by atoms with Gasteiger partial charge in [0, 0.05) is 24.7 Å². The summed E-state index contributed by atoms with van der Waals surface area (Å²) in [4.78, 5) is 16.9. The van der Waals surface area contributed by atoms with Gasteiger partial charge in [-0.05, 0) is 36.2 Å². The van der Waals surface area contributed by atoms with Crippen molar-refractivity contribution in [2.45, 2.75) is 24.0 Å². The second-order valence-corrected chi connectivity index (χ2v) is 9.04. The molecule has 0 bridgehead atoms. The minimum absolute atomic E-state index is 0.0165. The predicted molar refractivity (Wildman–Crippen MR) is 108 cm³/mol. The molecule has 4 rings (SSSR count). The zero-order valence-corrected chi connectivity index (χ0v) is 17.2. The van der Waals surface area contributed by atoms with Crippen molar-refractivity contribution >= 4 is 26.8 Å². The van der Waals surface area contributed by atoms with Crippen LogP contribution in [0.5, 0.6) is 0 Å². The molecule has 1 fully saturated rings. The van der Waals surface area contributed by atoms with E-state index in [1.54, 1.807) is 31.2 Å². The largest absolute Gasteiger partial charge is 0.416 e. The van der Waals surface area contributed by atoms with E-state index in [1.807, 2.05) is 0 Å². The van der Waals surface area contributed by atoms with Crippen LogP contribution in [0.2, 0.25) is 0 Å². The summed E-state index contributed by atoms with van der Waals surface area (Å²) in [6.07, 6.45) is -3.05. The number of amides is 1. The molecular weight excluding hydrogens is 431 g/mol. The van der Waals surface area contributed by atoms with Crippen LogP contribution in [0.1, 0.15) is 22.7 Å². The summed E-state index contributed by atoms with van der Waals surface area (Å²) in [5.74, 6) is -0.597. The van der Waals surface area contributed by atoms with Gasteiger partial charge in [0.15, 0.2) is 0 Å². The molecule has 10 heteroatoms. The molecule has 0 spiro atoms. The molecule has 1 aliphatic heterocycles. The Balaban J connectivity index is 1.84. The van der Waals surface area contributed by atoms with Gasteiger partial charge in [0.25, 0.3) is 0 Å². The average Bonchev–Trinajstić information content (AvgIpc) is 2.72. The number of carbonyl (C=O) groups excluding carboxylic acids is 1. The molecule has 0 saturated carbocycles. The smallest absolute Gasteiger partial charge is 0.353 e. The van der Waals surface area contributed by atoms with Crippen LogP contribution in [0.4, 0.5) is 13.2 Å². The number of halogens is 3. The van der Waals surface area contributed by atoms with Crippen molar-refractivity contribution in [3.63, 3.8) is 0 Å². The van der Waals surface area contributed by atoms with Crippen LogP contribution in [0, 0.1) is 6.92 Å². The van der Waals surface area contributed by atoms with Crippen LogP contribution in [0.25, 0.3) is 10.9 Å². The zero-order valence-electron chi connectivity index (χ0n) is 16.3. The van der Waals surface area contributed by atoms with E-state index in [2.05, 4.69) is 10.3 Å². The maximum atomic E-state index is 13.7. The molecule has 1 aromatic heterocycles. The van der Waals surface area contributed by atoms with Gasteiger partial charge in [-0.2, -0.15) is 17.5 Å². The number of piperazine rings is 1. The molecule has 6 nitrogen and oxygen atoms in total. The summed E-state index contributed by atoms with van der Waals surface area (Å²) in [6.45, 7) is 1.70. The third-order valence-electron chi connectivity index (χ3n) is 5.21. The number of benzene rings is 2. The summed E-state index contributed by atoms with van der Waals surface area (Å²) in [7, 11) is -4.20. The Morgan fingerprint density at radius 1 is 1.10 bits per heavy atom. The van der Waals surface area contributed by atoms with Gasteiger partial charge in [0.1, 0.15) is 10.9 Å². The van der Waals surface area contributed by atoms with Gasteiger partial charge in [0.05, 0.1) is 11.1 Å². The Kier molecular flexibility index (Phi) is 5.22. The second-order valence-electron chi connectivity index (χ2n) is 7.22. The molecule has 0 radical (unpaired) electrons. The van der Waals surface area contributed by atoms with Crippen molar-refractivity contribution in [3.8, 4) is 0 Å². The third-order valence-corrected chi connectivity index (χ3v) is 7.26. The lowest BCUT2D eigenvalue weighted by atomic mass is 10.0. The molecule has 1 aliphatic rings. The highest BCUT2D eigenvalue weighted by molar-refractivity contribution is 7.89. The van der Waals surface area contributed by atoms with Gasteiger partial charge in [-0.15, -0.1) is 0 Å². The number of carbonyl (C=O) groups is 1. The molecule has 1 N–H and O–H groups in total. The molecule has 1 unspecified atom stereocenters. The van der Waals surface area contributed by atoms with Gasteiger partial charge in [-0.1, -0.05) is 30.3 Å². The number of hydrogen-bond donors (Lipinski definition) is 1. The highest BCUT2D eigenvalue weighted by Crippen LogP contribution is 2.35. The summed E-state index contributed by atoms with van der Waals surface area (Å²) in [5, 5.41) is 3.22. The first-order valence-electron chi connectivity index (χ1n) is 9.42. The SMILES string of the molecule is Cc1ccc2cccnc2c1S(=O)(=O)N1CCNC(=O)C1c1ccc(C(F)(F)F)cc1. The van der Waals surface area contributed by atoms with Crippen LogP contribution in [0.15, 0.2) is 59.6 Å². The fourth-order valence-electron chi connectivity index (χ4n) is 3.74. The molecule has 2 aromatic carbocycles. The monoisotopic (exact) mass is 449 g/mol. The highest BCUT2D eigenvalue weighted by atomic mass is 32.2.